The number of carbonyl (C=O) groups excluding carboxylic acids is 1. The Morgan fingerprint density at radius 1 is 1.19 bits per heavy atom. The van der Waals surface area contributed by atoms with Gasteiger partial charge in [0, 0.05) is 22.2 Å². The summed E-state index contributed by atoms with van der Waals surface area (Å²) in [6.45, 7) is 8.43. The zero-order valence-corrected chi connectivity index (χ0v) is 14.6. The first-order valence-electron chi connectivity index (χ1n) is 7.50. The number of carbonyl (C=O) groups is 1. The second kappa shape index (κ2) is 6.80. The number of benzene rings is 1. The Hall–Kier alpha value is -1.06. The molecule has 21 heavy (non-hydrogen) atoms. The third-order valence-corrected chi connectivity index (χ3v) is 5.76. The average Bonchev–Trinajstić information content (AvgIpc) is 2.84. The summed E-state index contributed by atoms with van der Waals surface area (Å²) in [5.41, 5.74) is 0. The molecule has 2 rings (SSSR count). The summed E-state index contributed by atoms with van der Waals surface area (Å²) < 4.78 is 1.07. The molecule has 114 valence electrons. The second-order valence-corrected chi connectivity index (χ2v) is 6.90. The lowest BCUT2D eigenvalue weighted by Gasteiger charge is -2.33. The molecule has 2 atom stereocenters. The molecule has 1 heterocycles. The Morgan fingerprint density at radius 2 is 1.76 bits per heavy atom. The highest BCUT2D eigenvalue weighted by Gasteiger charge is 2.28. The van der Waals surface area contributed by atoms with Crippen molar-refractivity contribution in [2.75, 3.05) is 0 Å². The first kappa shape index (κ1) is 16.3. The van der Waals surface area contributed by atoms with Crippen LogP contribution in [0.2, 0.25) is 5.02 Å². The summed E-state index contributed by atoms with van der Waals surface area (Å²) in [5, 5.41) is 1.57. The summed E-state index contributed by atoms with van der Waals surface area (Å²) >= 11 is 7.95. The number of nitrogens with zero attached hydrogens (tertiary/aromatic N) is 1. The van der Waals surface area contributed by atoms with Gasteiger partial charge < -0.3 is 4.90 Å². The monoisotopic (exact) mass is 323 g/mol. The number of hydrogen-bond acceptors (Lipinski definition) is 2. The van der Waals surface area contributed by atoms with Gasteiger partial charge in [-0.15, -0.1) is 11.3 Å². The molecular formula is C17H22ClNOS. The van der Waals surface area contributed by atoms with E-state index < -0.39 is 0 Å². The van der Waals surface area contributed by atoms with Crippen molar-refractivity contribution in [3.05, 3.63) is 34.2 Å². The molecule has 0 spiro atoms. The highest BCUT2D eigenvalue weighted by Crippen LogP contribution is 2.36. The van der Waals surface area contributed by atoms with Crippen LogP contribution in [0.5, 0.6) is 0 Å². The standard InChI is InChI=1S/C17H22ClNOS/c1-5-11(3)19(12(4)6-2)17(20)16-15(18)13-9-7-8-10-14(13)21-16/h7-12H,5-6H2,1-4H3. The fraction of sp³-hybridized carbons (Fsp3) is 0.471. The summed E-state index contributed by atoms with van der Waals surface area (Å²) in [6.07, 6.45) is 1.89. The highest BCUT2D eigenvalue weighted by molar-refractivity contribution is 7.21. The predicted octanol–water partition coefficient (Wildman–Crippen LogP) is 5.59. The van der Waals surface area contributed by atoms with Gasteiger partial charge in [0.25, 0.3) is 5.91 Å². The quantitative estimate of drug-likeness (QED) is 0.702. The van der Waals surface area contributed by atoms with Gasteiger partial charge in [-0.25, -0.2) is 0 Å². The second-order valence-electron chi connectivity index (χ2n) is 5.47. The Kier molecular flexibility index (Phi) is 5.28. The van der Waals surface area contributed by atoms with Crippen LogP contribution >= 0.6 is 22.9 Å². The lowest BCUT2D eigenvalue weighted by molar-refractivity contribution is 0.0604. The van der Waals surface area contributed by atoms with Crippen LogP contribution in [0, 0.1) is 0 Å². The van der Waals surface area contributed by atoms with Crippen LogP contribution in [0.1, 0.15) is 50.2 Å². The number of fused-ring (bicyclic) bond motifs is 1. The maximum absolute atomic E-state index is 13.0. The molecule has 2 nitrogen and oxygen atoms in total. The van der Waals surface area contributed by atoms with Crippen LogP contribution in [0.25, 0.3) is 10.1 Å². The maximum Gasteiger partial charge on any atom is 0.265 e. The van der Waals surface area contributed by atoms with Crippen molar-refractivity contribution in [1.82, 2.24) is 4.90 Å². The van der Waals surface area contributed by atoms with E-state index in [-0.39, 0.29) is 18.0 Å². The lowest BCUT2D eigenvalue weighted by Crippen LogP contribution is -2.44. The molecule has 0 saturated heterocycles. The fourth-order valence-electron chi connectivity index (χ4n) is 2.50. The largest absolute Gasteiger partial charge is 0.333 e. The van der Waals surface area contributed by atoms with Crippen molar-refractivity contribution >= 4 is 38.9 Å². The van der Waals surface area contributed by atoms with E-state index in [0.717, 1.165) is 22.9 Å². The van der Waals surface area contributed by atoms with Gasteiger partial charge >= 0.3 is 0 Å². The van der Waals surface area contributed by atoms with Gasteiger partial charge in [-0.2, -0.15) is 0 Å². The minimum Gasteiger partial charge on any atom is -0.333 e. The van der Waals surface area contributed by atoms with Gasteiger partial charge in [0.1, 0.15) is 4.88 Å². The van der Waals surface area contributed by atoms with Gasteiger partial charge in [-0.1, -0.05) is 43.6 Å². The van der Waals surface area contributed by atoms with Crippen molar-refractivity contribution in [2.24, 2.45) is 0 Å². The van der Waals surface area contributed by atoms with E-state index in [2.05, 4.69) is 27.7 Å². The Balaban J connectivity index is 2.45. The molecule has 0 aliphatic heterocycles. The van der Waals surface area contributed by atoms with E-state index in [1.54, 1.807) is 0 Å². The van der Waals surface area contributed by atoms with Crippen LogP contribution in [0.15, 0.2) is 24.3 Å². The van der Waals surface area contributed by atoms with Crippen LogP contribution in [0.3, 0.4) is 0 Å². The highest BCUT2D eigenvalue weighted by atomic mass is 35.5. The molecule has 1 aromatic heterocycles. The third-order valence-electron chi connectivity index (χ3n) is 4.10. The normalized spacial score (nSPS) is 14.1. The van der Waals surface area contributed by atoms with Crippen LogP contribution in [0.4, 0.5) is 0 Å². The third kappa shape index (κ3) is 3.09. The molecule has 2 aromatic rings. The molecule has 1 aromatic carbocycles. The first-order valence-corrected chi connectivity index (χ1v) is 8.70. The zero-order valence-electron chi connectivity index (χ0n) is 13.0. The van der Waals surface area contributed by atoms with Crippen molar-refractivity contribution in [1.29, 1.82) is 0 Å². The molecule has 0 N–H and O–H groups in total. The van der Waals surface area contributed by atoms with Crippen LogP contribution < -0.4 is 0 Å². The van der Waals surface area contributed by atoms with Gasteiger partial charge in [0.05, 0.1) is 5.02 Å². The minimum atomic E-state index is 0.0601. The number of hydrogen-bond donors (Lipinski definition) is 0. The van der Waals surface area contributed by atoms with Crippen molar-refractivity contribution in [3.63, 3.8) is 0 Å². The van der Waals surface area contributed by atoms with Crippen molar-refractivity contribution in [3.8, 4) is 0 Å². The van der Waals surface area contributed by atoms with E-state index in [1.807, 2.05) is 29.2 Å². The average molecular weight is 324 g/mol. The van der Waals surface area contributed by atoms with Crippen molar-refractivity contribution < 1.29 is 4.79 Å². The molecule has 0 saturated carbocycles. The van der Waals surface area contributed by atoms with Crippen LogP contribution in [-0.4, -0.2) is 22.9 Å². The number of thiophene rings is 1. The summed E-state index contributed by atoms with van der Waals surface area (Å²) in [4.78, 5) is 15.6. The lowest BCUT2D eigenvalue weighted by atomic mass is 10.1. The number of rotatable bonds is 5. The molecule has 0 radical (unpaired) electrons. The summed E-state index contributed by atoms with van der Waals surface area (Å²) in [7, 11) is 0. The summed E-state index contributed by atoms with van der Waals surface area (Å²) in [6, 6.07) is 8.35. The SMILES string of the molecule is CCC(C)N(C(=O)c1sc2ccccc2c1Cl)C(C)CC. The van der Waals surface area contributed by atoms with Gasteiger partial charge in [-0.3, -0.25) is 4.79 Å². The summed E-state index contributed by atoms with van der Waals surface area (Å²) in [5.74, 6) is 0.0601. The maximum atomic E-state index is 13.0. The Bertz CT molecular complexity index is 627. The van der Waals surface area contributed by atoms with Gasteiger partial charge in [-0.05, 0) is 32.8 Å². The molecule has 0 aliphatic carbocycles. The topological polar surface area (TPSA) is 20.3 Å². The number of amides is 1. The smallest absolute Gasteiger partial charge is 0.265 e. The van der Waals surface area contributed by atoms with Gasteiger partial charge in [0.15, 0.2) is 0 Å². The molecule has 4 heteroatoms. The molecular weight excluding hydrogens is 302 g/mol. The van der Waals surface area contributed by atoms with E-state index in [9.17, 15) is 4.79 Å². The Morgan fingerprint density at radius 3 is 2.29 bits per heavy atom. The van der Waals surface area contributed by atoms with Crippen molar-refractivity contribution in [2.45, 2.75) is 52.6 Å². The zero-order chi connectivity index (χ0) is 15.6. The van der Waals surface area contributed by atoms with E-state index in [1.165, 1.54) is 11.3 Å². The first-order chi connectivity index (χ1) is 10.0. The van der Waals surface area contributed by atoms with Gasteiger partial charge in [0.2, 0.25) is 0 Å². The van der Waals surface area contributed by atoms with E-state index in [0.29, 0.717) is 9.90 Å². The molecule has 0 fully saturated rings. The fourth-order valence-corrected chi connectivity index (χ4v) is 3.95. The van der Waals surface area contributed by atoms with E-state index in [4.69, 9.17) is 11.6 Å². The number of halogens is 1. The predicted molar refractivity (Wildman–Crippen MR) is 92.5 cm³/mol. The molecule has 0 aliphatic rings. The Labute approximate surface area is 135 Å². The molecule has 1 amide bonds. The van der Waals surface area contributed by atoms with Crippen LogP contribution in [-0.2, 0) is 0 Å². The molecule has 2 unspecified atom stereocenters. The molecule has 0 bridgehead atoms. The van der Waals surface area contributed by atoms with E-state index >= 15 is 0 Å². The minimum absolute atomic E-state index is 0.0601.